The number of primary amides is 1. The molecule has 0 atom stereocenters. The summed E-state index contributed by atoms with van der Waals surface area (Å²) in [4.78, 5) is 20.1. The predicted octanol–water partition coefficient (Wildman–Crippen LogP) is 2.73. The largest absolute Gasteiger partial charge is 0.463 e. The zero-order valence-electron chi connectivity index (χ0n) is 11.3. The minimum absolute atomic E-state index is 0.312. The molecule has 0 unspecified atom stereocenters. The number of unbranched alkanes of at least 4 members (excludes halogenated alkanes) is 5. The van der Waals surface area contributed by atoms with Gasteiger partial charge in [0.1, 0.15) is 0 Å². The van der Waals surface area contributed by atoms with Crippen molar-refractivity contribution in [2.75, 3.05) is 6.61 Å². The topological polar surface area (TPSA) is 69.4 Å². The van der Waals surface area contributed by atoms with Crippen molar-refractivity contribution in [2.24, 2.45) is 5.73 Å². The minimum Gasteiger partial charge on any atom is -0.463 e. The average molecular weight is 255 g/mol. The van der Waals surface area contributed by atoms with Crippen LogP contribution in [0.25, 0.3) is 0 Å². The van der Waals surface area contributed by atoms with Gasteiger partial charge in [0.15, 0.2) is 0 Å². The molecule has 0 fully saturated rings. The minimum atomic E-state index is -0.481. The number of esters is 1. The van der Waals surface area contributed by atoms with Gasteiger partial charge in [-0.15, -0.1) is 0 Å². The molecule has 0 aromatic carbocycles. The lowest BCUT2D eigenvalue weighted by atomic mass is 10.1. The number of amides is 1. The Labute approximate surface area is 110 Å². The summed E-state index contributed by atoms with van der Waals surface area (Å²) in [5.41, 5.74) is 4.53. The highest BCUT2D eigenvalue weighted by atomic mass is 16.5. The van der Waals surface area contributed by atoms with Crippen LogP contribution in [-0.2, 0) is 14.3 Å². The van der Waals surface area contributed by atoms with E-state index in [9.17, 15) is 9.59 Å². The van der Waals surface area contributed by atoms with Crippen molar-refractivity contribution >= 4 is 11.9 Å². The highest BCUT2D eigenvalue weighted by molar-refractivity contribution is 5.85. The first-order valence-electron chi connectivity index (χ1n) is 6.29. The van der Waals surface area contributed by atoms with Crippen LogP contribution >= 0.6 is 0 Å². The van der Waals surface area contributed by atoms with Crippen LogP contribution in [-0.4, -0.2) is 18.5 Å². The molecular weight excluding hydrogens is 230 g/mol. The SMILES string of the molecule is C=CC(=O)OCCCCCCCC.C=CC(N)=O. The lowest BCUT2D eigenvalue weighted by molar-refractivity contribution is -0.137. The second-order valence-corrected chi connectivity index (χ2v) is 3.75. The number of hydrogen-bond acceptors (Lipinski definition) is 3. The first-order chi connectivity index (χ1) is 8.58. The molecule has 104 valence electrons. The average Bonchev–Trinajstić information content (AvgIpc) is 2.38. The molecule has 0 aromatic rings. The Balaban J connectivity index is 0. The molecule has 0 aromatic heterocycles. The molecule has 4 heteroatoms. The molecule has 0 aliphatic carbocycles. The lowest BCUT2D eigenvalue weighted by Gasteiger charge is -2.01. The molecule has 0 saturated heterocycles. The number of hydrogen-bond donors (Lipinski definition) is 1. The number of ether oxygens (including phenoxy) is 1. The Bertz CT molecular complexity index is 249. The van der Waals surface area contributed by atoms with Crippen LogP contribution in [0.1, 0.15) is 45.4 Å². The summed E-state index contributed by atoms with van der Waals surface area (Å²) in [5.74, 6) is -0.793. The molecule has 2 N–H and O–H groups in total. The predicted molar refractivity (Wildman–Crippen MR) is 73.9 cm³/mol. The summed E-state index contributed by atoms with van der Waals surface area (Å²) in [6.45, 7) is 9.15. The van der Waals surface area contributed by atoms with Gasteiger partial charge in [0, 0.05) is 6.08 Å². The molecule has 0 heterocycles. The van der Waals surface area contributed by atoms with E-state index in [0.29, 0.717) is 6.61 Å². The van der Waals surface area contributed by atoms with E-state index in [0.717, 1.165) is 18.9 Å². The van der Waals surface area contributed by atoms with Crippen LogP contribution in [0, 0.1) is 0 Å². The lowest BCUT2D eigenvalue weighted by Crippen LogP contribution is -2.04. The van der Waals surface area contributed by atoms with Crippen molar-refractivity contribution in [2.45, 2.75) is 45.4 Å². The second kappa shape index (κ2) is 15.4. The van der Waals surface area contributed by atoms with Gasteiger partial charge in [-0.05, 0) is 12.5 Å². The zero-order valence-corrected chi connectivity index (χ0v) is 11.3. The van der Waals surface area contributed by atoms with Gasteiger partial charge in [0.05, 0.1) is 6.61 Å². The molecule has 0 aliphatic rings. The van der Waals surface area contributed by atoms with Crippen molar-refractivity contribution < 1.29 is 14.3 Å². The number of nitrogens with two attached hydrogens (primary N) is 1. The highest BCUT2D eigenvalue weighted by Crippen LogP contribution is 2.04. The maximum atomic E-state index is 10.6. The fraction of sp³-hybridized carbons (Fsp3) is 0.571. The second-order valence-electron chi connectivity index (χ2n) is 3.75. The summed E-state index contributed by atoms with van der Waals surface area (Å²) in [6, 6.07) is 0. The van der Waals surface area contributed by atoms with Gasteiger partial charge in [-0.1, -0.05) is 52.2 Å². The smallest absolute Gasteiger partial charge is 0.330 e. The van der Waals surface area contributed by atoms with Crippen LogP contribution in [0.3, 0.4) is 0 Å². The first-order valence-corrected chi connectivity index (χ1v) is 6.29. The highest BCUT2D eigenvalue weighted by Gasteiger charge is 1.94. The third kappa shape index (κ3) is 19.9. The summed E-state index contributed by atoms with van der Waals surface area (Å²) >= 11 is 0. The van der Waals surface area contributed by atoms with Crippen molar-refractivity contribution in [3.63, 3.8) is 0 Å². The van der Waals surface area contributed by atoms with Crippen LogP contribution in [0.4, 0.5) is 0 Å². The van der Waals surface area contributed by atoms with Gasteiger partial charge in [-0.25, -0.2) is 4.79 Å². The van der Waals surface area contributed by atoms with Crippen LogP contribution < -0.4 is 5.73 Å². The molecule has 18 heavy (non-hydrogen) atoms. The fourth-order valence-electron chi connectivity index (χ4n) is 1.11. The molecule has 0 spiro atoms. The maximum absolute atomic E-state index is 10.6. The van der Waals surface area contributed by atoms with Gasteiger partial charge < -0.3 is 10.5 Å². The number of rotatable bonds is 9. The van der Waals surface area contributed by atoms with Crippen LogP contribution in [0.5, 0.6) is 0 Å². The molecule has 0 rings (SSSR count). The van der Waals surface area contributed by atoms with Gasteiger partial charge in [-0.3, -0.25) is 4.79 Å². The van der Waals surface area contributed by atoms with E-state index in [1.807, 2.05) is 0 Å². The third-order valence-electron chi connectivity index (χ3n) is 2.11. The molecule has 4 nitrogen and oxygen atoms in total. The maximum Gasteiger partial charge on any atom is 0.330 e. The molecule has 1 amide bonds. The Kier molecular flexibility index (Phi) is 16.1. The van der Waals surface area contributed by atoms with Crippen molar-refractivity contribution in [1.82, 2.24) is 0 Å². The summed E-state index contributed by atoms with van der Waals surface area (Å²) < 4.78 is 4.84. The quantitative estimate of drug-likeness (QED) is 0.391. The first kappa shape index (κ1) is 18.8. The van der Waals surface area contributed by atoms with E-state index in [-0.39, 0.29) is 5.97 Å². The summed E-state index contributed by atoms with van der Waals surface area (Å²) in [7, 11) is 0. The normalized spacial score (nSPS) is 8.72. The van der Waals surface area contributed by atoms with Gasteiger partial charge in [-0.2, -0.15) is 0 Å². The van der Waals surface area contributed by atoms with Gasteiger partial charge in [0.25, 0.3) is 0 Å². The van der Waals surface area contributed by atoms with Crippen molar-refractivity contribution in [3.05, 3.63) is 25.3 Å². The summed E-state index contributed by atoms with van der Waals surface area (Å²) in [5, 5.41) is 0. The Morgan fingerprint density at radius 1 is 1.06 bits per heavy atom. The van der Waals surface area contributed by atoms with E-state index in [2.05, 4.69) is 25.8 Å². The van der Waals surface area contributed by atoms with Crippen molar-refractivity contribution in [3.8, 4) is 0 Å². The molecule has 0 radical (unpaired) electrons. The standard InChI is InChI=1S/C11H20O2.C3H5NO/c1-3-5-6-7-8-9-10-13-11(12)4-2;1-2-3(4)5/h4H,2-3,5-10H2,1H3;2H,1H2,(H2,4,5). The monoisotopic (exact) mass is 255 g/mol. The Hall–Kier alpha value is -1.58. The van der Waals surface area contributed by atoms with E-state index in [4.69, 9.17) is 4.74 Å². The van der Waals surface area contributed by atoms with Crippen LogP contribution in [0.2, 0.25) is 0 Å². The van der Waals surface area contributed by atoms with E-state index in [1.54, 1.807) is 0 Å². The fourth-order valence-corrected chi connectivity index (χ4v) is 1.11. The van der Waals surface area contributed by atoms with E-state index >= 15 is 0 Å². The Morgan fingerprint density at radius 2 is 1.56 bits per heavy atom. The molecule has 0 bridgehead atoms. The van der Waals surface area contributed by atoms with Gasteiger partial charge >= 0.3 is 5.97 Å². The van der Waals surface area contributed by atoms with E-state index in [1.165, 1.54) is 31.8 Å². The van der Waals surface area contributed by atoms with Crippen LogP contribution in [0.15, 0.2) is 25.3 Å². The third-order valence-corrected chi connectivity index (χ3v) is 2.11. The number of carbonyl (C=O) groups is 2. The van der Waals surface area contributed by atoms with Gasteiger partial charge in [0.2, 0.25) is 5.91 Å². The molecular formula is C14H25NO3. The molecule has 0 saturated carbocycles. The number of carbonyl (C=O) groups excluding carboxylic acids is 2. The zero-order chi connectivity index (χ0) is 14.2. The summed E-state index contributed by atoms with van der Waals surface area (Å²) in [6.07, 6.45) is 9.52. The molecule has 0 aliphatic heterocycles. The van der Waals surface area contributed by atoms with Crippen molar-refractivity contribution in [1.29, 1.82) is 0 Å². The van der Waals surface area contributed by atoms with E-state index < -0.39 is 5.91 Å². The Morgan fingerprint density at radius 3 is 2.00 bits per heavy atom.